The zero-order valence-electron chi connectivity index (χ0n) is 9.23. The Morgan fingerprint density at radius 1 is 1.47 bits per heavy atom. The normalized spacial score (nSPS) is 10.7. The minimum Gasteiger partial charge on any atom is -0.477 e. The maximum Gasteiger partial charge on any atom is 0.348 e. The third-order valence-corrected chi connectivity index (χ3v) is 3.19. The molecule has 0 unspecified atom stereocenters. The molecule has 0 spiro atoms. The zero-order valence-corrected chi connectivity index (χ0v) is 10.0. The molecular formula is C10H6N4O4S. The molecule has 0 aliphatic heterocycles. The van der Waals surface area contributed by atoms with Crippen LogP contribution in [0.25, 0.3) is 5.65 Å². The van der Waals surface area contributed by atoms with Gasteiger partial charge in [-0.2, -0.15) is 5.10 Å². The van der Waals surface area contributed by atoms with Gasteiger partial charge in [-0.15, -0.1) is 11.3 Å². The molecule has 0 saturated carbocycles. The molecule has 0 aliphatic rings. The summed E-state index contributed by atoms with van der Waals surface area (Å²) in [6, 6.07) is 2.87. The molecule has 0 atom stereocenters. The lowest BCUT2D eigenvalue weighted by atomic mass is 10.4. The van der Waals surface area contributed by atoms with Gasteiger partial charge in [-0.1, -0.05) is 0 Å². The number of ether oxygens (including phenoxy) is 1. The van der Waals surface area contributed by atoms with Gasteiger partial charge >= 0.3 is 11.7 Å². The molecule has 0 aliphatic carbocycles. The van der Waals surface area contributed by atoms with Crippen LogP contribution in [-0.2, 0) is 0 Å². The molecule has 0 fully saturated rings. The number of nitrogens with one attached hydrogen (secondary N) is 1. The summed E-state index contributed by atoms with van der Waals surface area (Å²) in [6.45, 7) is 0. The van der Waals surface area contributed by atoms with Gasteiger partial charge < -0.3 is 9.84 Å². The highest BCUT2D eigenvalue weighted by Crippen LogP contribution is 2.25. The third kappa shape index (κ3) is 2.06. The number of rotatable bonds is 3. The fourth-order valence-electron chi connectivity index (χ4n) is 1.45. The van der Waals surface area contributed by atoms with Gasteiger partial charge in [-0.05, 0) is 0 Å². The van der Waals surface area contributed by atoms with Crippen LogP contribution >= 0.6 is 11.3 Å². The average molecular weight is 278 g/mol. The highest BCUT2D eigenvalue weighted by molar-refractivity contribution is 7.12. The molecule has 0 saturated heterocycles. The van der Waals surface area contributed by atoms with Crippen molar-refractivity contribution in [1.82, 2.24) is 19.6 Å². The molecule has 0 radical (unpaired) electrons. The Balaban J connectivity index is 1.91. The van der Waals surface area contributed by atoms with Gasteiger partial charge in [0.05, 0.1) is 0 Å². The van der Waals surface area contributed by atoms with Gasteiger partial charge in [0.15, 0.2) is 5.65 Å². The largest absolute Gasteiger partial charge is 0.477 e. The van der Waals surface area contributed by atoms with E-state index in [0.29, 0.717) is 11.4 Å². The Kier molecular flexibility index (Phi) is 2.53. The first-order valence-electron chi connectivity index (χ1n) is 5.06. The number of nitrogens with zero attached hydrogens (tertiary/aromatic N) is 3. The number of aromatic amines is 1. The van der Waals surface area contributed by atoms with Crippen LogP contribution in [-0.4, -0.2) is 30.7 Å². The van der Waals surface area contributed by atoms with E-state index < -0.39 is 11.7 Å². The van der Waals surface area contributed by atoms with Crippen molar-refractivity contribution in [3.8, 4) is 11.6 Å². The second-order valence-corrected chi connectivity index (χ2v) is 4.45. The van der Waals surface area contributed by atoms with E-state index in [4.69, 9.17) is 9.84 Å². The van der Waals surface area contributed by atoms with Crippen molar-refractivity contribution < 1.29 is 14.6 Å². The molecule has 2 N–H and O–H groups in total. The topological polar surface area (TPSA) is 110 Å². The van der Waals surface area contributed by atoms with Gasteiger partial charge in [0, 0.05) is 17.5 Å². The summed E-state index contributed by atoms with van der Waals surface area (Å²) in [5, 5.41) is 16.4. The maximum absolute atomic E-state index is 11.2. The first kappa shape index (κ1) is 11.4. The van der Waals surface area contributed by atoms with Crippen LogP contribution < -0.4 is 10.4 Å². The molecular weight excluding hydrogens is 272 g/mol. The molecule has 0 aromatic carbocycles. The third-order valence-electron chi connectivity index (χ3n) is 2.29. The molecule has 0 amide bonds. The van der Waals surface area contributed by atoms with Crippen LogP contribution in [0.1, 0.15) is 9.67 Å². The maximum atomic E-state index is 11.2. The van der Waals surface area contributed by atoms with E-state index in [9.17, 15) is 9.59 Å². The summed E-state index contributed by atoms with van der Waals surface area (Å²) in [5.74, 6) is -0.416. The van der Waals surface area contributed by atoms with Crippen molar-refractivity contribution in [3.63, 3.8) is 0 Å². The van der Waals surface area contributed by atoms with Crippen LogP contribution in [0.4, 0.5) is 0 Å². The quantitative estimate of drug-likeness (QED) is 0.738. The number of carbonyl (C=O) groups is 1. The predicted molar refractivity (Wildman–Crippen MR) is 65.0 cm³/mol. The smallest absolute Gasteiger partial charge is 0.348 e. The van der Waals surface area contributed by atoms with Crippen molar-refractivity contribution >= 4 is 23.0 Å². The number of hydrogen-bond acceptors (Lipinski definition) is 6. The Morgan fingerprint density at radius 3 is 3.05 bits per heavy atom. The number of thiophene rings is 1. The molecule has 8 nitrogen and oxygen atoms in total. The Hall–Kier alpha value is -2.68. The molecule has 3 aromatic rings. The number of fused-ring (bicyclic) bond motifs is 1. The van der Waals surface area contributed by atoms with Crippen LogP contribution in [0.2, 0.25) is 0 Å². The lowest BCUT2D eigenvalue weighted by molar-refractivity contribution is 0.0702. The molecule has 0 bridgehead atoms. The summed E-state index contributed by atoms with van der Waals surface area (Å²) in [7, 11) is 0. The van der Waals surface area contributed by atoms with Crippen LogP contribution in [0.15, 0.2) is 28.6 Å². The minimum absolute atomic E-state index is 0.173. The first-order valence-corrected chi connectivity index (χ1v) is 5.94. The van der Waals surface area contributed by atoms with Gasteiger partial charge in [0.2, 0.25) is 5.88 Å². The van der Waals surface area contributed by atoms with Crippen molar-refractivity contribution in [2.24, 2.45) is 0 Å². The van der Waals surface area contributed by atoms with Crippen LogP contribution in [0, 0.1) is 0 Å². The van der Waals surface area contributed by atoms with Crippen LogP contribution in [0.5, 0.6) is 11.6 Å². The molecule has 96 valence electrons. The summed E-state index contributed by atoms with van der Waals surface area (Å²) < 4.78 is 6.62. The van der Waals surface area contributed by atoms with E-state index in [1.54, 1.807) is 5.38 Å². The summed E-state index contributed by atoms with van der Waals surface area (Å²) in [6.07, 6.45) is 1.28. The SMILES string of the molecule is O=C(O)c1cc(Oc2cc3n[nH]c(=O)n3cn2)cs1. The van der Waals surface area contributed by atoms with Crippen molar-refractivity contribution in [1.29, 1.82) is 0 Å². The fraction of sp³-hybridized carbons (Fsp3) is 0. The standard InChI is InChI=1S/C10H6N4O4S/c15-9(16)6-1-5(3-19-6)18-8-2-7-12-13-10(17)14(7)4-11-8/h1-4H,(H,13,17)(H,15,16). The highest BCUT2D eigenvalue weighted by Gasteiger charge is 2.09. The van der Waals surface area contributed by atoms with Crippen LogP contribution in [0.3, 0.4) is 0 Å². The first-order chi connectivity index (χ1) is 9.13. The molecule has 3 rings (SSSR count). The molecule has 19 heavy (non-hydrogen) atoms. The molecule has 9 heteroatoms. The summed E-state index contributed by atoms with van der Waals surface area (Å²) in [4.78, 5) is 26.1. The van der Waals surface area contributed by atoms with E-state index in [1.165, 1.54) is 22.9 Å². The van der Waals surface area contributed by atoms with E-state index in [-0.39, 0.29) is 10.8 Å². The predicted octanol–water partition coefficient (Wildman–Crippen LogP) is 0.970. The van der Waals surface area contributed by atoms with E-state index in [0.717, 1.165) is 11.3 Å². The van der Waals surface area contributed by atoms with Gasteiger partial charge in [-0.3, -0.25) is 0 Å². The monoisotopic (exact) mass is 278 g/mol. The molecule has 3 aromatic heterocycles. The number of H-pyrrole nitrogens is 1. The fourth-order valence-corrected chi connectivity index (χ4v) is 2.10. The number of hydrogen-bond donors (Lipinski definition) is 2. The summed E-state index contributed by atoms with van der Waals surface area (Å²) >= 11 is 1.06. The molecule has 3 heterocycles. The van der Waals surface area contributed by atoms with Gasteiger partial charge in [0.25, 0.3) is 0 Å². The number of carboxylic acids is 1. The number of aromatic nitrogens is 4. The Morgan fingerprint density at radius 2 is 2.32 bits per heavy atom. The van der Waals surface area contributed by atoms with Crippen molar-refractivity contribution in [3.05, 3.63) is 39.2 Å². The number of aromatic carboxylic acids is 1. The Bertz CT molecular complexity index is 818. The lowest BCUT2D eigenvalue weighted by Gasteiger charge is -2.00. The second-order valence-electron chi connectivity index (χ2n) is 3.54. The van der Waals surface area contributed by atoms with Crippen molar-refractivity contribution in [2.45, 2.75) is 0 Å². The minimum atomic E-state index is -1.01. The summed E-state index contributed by atoms with van der Waals surface area (Å²) in [5.41, 5.74) is -0.0264. The van der Waals surface area contributed by atoms with E-state index in [2.05, 4.69) is 15.2 Å². The number of carboxylic acid groups (broad SMARTS) is 1. The van der Waals surface area contributed by atoms with Gasteiger partial charge in [-0.25, -0.2) is 24.1 Å². The lowest BCUT2D eigenvalue weighted by Crippen LogP contribution is -2.09. The Labute approximate surface area is 108 Å². The zero-order chi connectivity index (χ0) is 13.4. The van der Waals surface area contributed by atoms with Gasteiger partial charge in [0.1, 0.15) is 17.0 Å². The van der Waals surface area contributed by atoms with E-state index >= 15 is 0 Å². The second kappa shape index (κ2) is 4.21. The average Bonchev–Trinajstić information content (AvgIpc) is 2.97. The van der Waals surface area contributed by atoms with Crippen molar-refractivity contribution in [2.75, 3.05) is 0 Å². The highest BCUT2D eigenvalue weighted by atomic mass is 32.1. The van der Waals surface area contributed by atoms with E-state index in [1.807, 2.05) is 0 Å².